The molecule has 0 unspecified atom stereocenters. The fraction of sp³-hybridized carbons (Fsp3) is 0. The van der Waals surface area contributed by atoms with E-state index in [1.165, 1.54) is 11.1 Å². The molecule has 0 spiro atoms. The number of rotatable bonds is 5. The Morgan fingerprint density at radius 1 is 0.422 bits per heavy atom. The molecule has 0 bridgehead atoms. The highest BCUT2D eigenvalue weighted by Crippen LogP contribution is 2.43. The maximum absolute atomic E-state index is 6.51. The van der Waals surface area contributed by atoms with Gasteiger partial charge in [0, 0.05) is 44.7 Å². The zero-order valence-corrected chi connectivity index (χ0v) is 24.2. The summed E-state index contributed by atoms with van der Waals surface area (Å²) >= 11 is 0. The third-order valence-electron chi connectivity index (χ3n) is 8.58. The van der Waals surface area contributed by atoms with Crippen molar-refractivity contribution in [1.29, 1.82) is 0 Å². The zero-order valence-electron chi connectivity index (χ0n) is 24.2. The lowest BCUT2D eigenvalue weighted by atomic mass is 10.0. The summed E-state index contributed by atoms with van der Waals surface area (Å²) in [7, 11) is 0. The van der Waals surface area contributed by atoms with Gasteiger partial charge in [0.15, 0.2) is 11.2 Å². The summed E-state index contributed by atoms with van der Waals surface area (Å²) in [6.45, 7) is 0. The quantitative estimate of drug-likeness (QED) is 0.204. The minimum Gasteiger partial charge on any atom is -0.454 e. The van der Waals surface area contributed by atoms with Gasteiger partial charge in [-0.15, -0.1) is 0 Å². The summed E-state index contributed by atoms with van der Waals surface area (Å²) in [6, 6.07) is 50.6. The summed E-state index contributed by atoms with van der Waals surface area (Å²) in [5.41, 5.74) is 10.9. The van der Waals surface area contributed by atoms with Crippen LogP contribution in [0.25, 0.3) is 66.1 Å². The van der Waals surface area contributed by atoms with Crippen LogP contribution < -0.4 is 4.90 Å². The van der Waals surface area contributed by atoms with Crippen LogP contribution in [0.3, 0.4) is 0 Å². The molecule has 0 N–H and O–H groups in total. The van der Waals surface area contributed by atoms with E-state index in [4.69, 9.17) is 8.83 Å². The second-order valence-corrected chi connectivity index (χ2v) is 11.2. The van der Waals surface area contributed by atoms with E-state index in [9.17, 15) is 0 Å². The molecule has 0 atom stereocenters. The average molecular weight is 579 g/mol. The summed E-state index contributed by atoms with van der Waals surface area (Å²) < 4.78 is 12.6. The minimum absolute atomic E-state index is 0.787. The van der Waals surface area contributed by atoms with Crippen molar-refractivity contribution in [3.63, 3.8) is 0 Å². The van der Waals surface area contributed by atoms with Gasteiger partial charge < -0.3 is 13.7 Å². The second kappa shape index (κ2) is 10.2. The molecule has 0 saturated carbocycles. The Hall–Kier alpha value is -6.13. The lowest BCUT2D eigenvalue weighted by Gasteiger charge is -2.26. The van der Waals surface area contributed by atoms with Gasteiger partial charge in [0.1, 0.15) is 11.2 Å². The number of anilines is 3. The first kappa shape index (κ1) is 25.4. The van der Waals surface area contributed by atoms with Crippen molar-refractivity contribution in [2.75, 3.05) is 4.90 Å². The van der Waals surface area contributed by atoms with Gasteiger partial charge >= 0.3 is 0 Å². The highest BCUT2D eigenvalue weighted by atomic mass is 16.3. The molecule has 4 heteroatoms. The SMILES string of the molecule is c1ccc(-c2ccc(N(c3ccc(-c4cncc5oc6ccccc6c45)cc3)c3cccc4c3oc3ccccc34)cc2)cc1. The first-order valence-corrected chi connectivity index (χ1v) is 15.0. The Bertz CT molecular complexity index is 2470. The molecule has 9 aromatic rings. The summed E-state index contributed by atoms with van der Waals surface area (Å²) in [5.74, 6) is 0. The van der Waals surface area contributed by atoms with Gasteiger partial charge in [-0.2, -0.15) is 0 Å². The van der Waals surface area contributed by atoms with Gasteiger partial charge in [0.05, 0.1) is 11.9 Å². The van der Waals surface area contributed by atoms with E-state index in [1.54, 1.807) is 6.20 Å². The standard InChI is InChI=1S/C41H26N2O2/c1-2-9-27(10-3-1)28-17-21-30(22-18-28)43(36-14-8-13-33-32-11-4-6-15-37(32)45-41(33)36)31-23-19-29(20-24-31)35-25-42-26-39-40(35)34-12-5-7-16-38(34)44-39/h1-26H. The van der Waals surface area contributed by atoms with Gasteiger partial charge in [0.25, 0.3) is 0 Å². The fourth-order valence-corrected chi connectivity index (χ4v) is 6.46. The molecule has 9 rings (SSSR count). The van der Waals surface area contributed by atoms with E-state index in [-0.39, 0.29) is 0 Å². The van der Waals surface area contributed by atoms with Crippen LogP contribution in [0.15, 0.2) is 167 Å². The Morgan fingerprint density at radius 2 is 1.02 bits per heavy atom. The monoisotopic (exact) mass is 578 g/mol. The van der Waals surface area contributed by atoms with Crippen LogP contribution in [0, 0.1) is 0 Å². The summed E-state index contributed by atoms with van der Waals surface area (Å²) in [4.78, 5) is 6.78. The Labute approximate surface area is 259 Å². The number of furan rings is 2. The van der Waals surface area contributed by atoms with Crippen LogP contribution in [-0.2, 0) is 0 Å². The van der Waals surface area contributed by atoms with Gasteiger partial charge in [-0.25, -0.2) is 0 Å². The van der Waals surface area contributed by atoms with E-state index in [2.05, 4.69) is 119 Å². The summed E-state index contributed by atoms with van der Waals surface area (Å²) in [6.07, 6.45) is 3.72. The smallest absolute Gasteiger partial charge is 0.159 e. The molecule has 0 amide bonds. The number of aromatic nitrogens is 1. The van der Waals surface area contributed by atoms with E-state index < -0.39 is 0 Å². The number of para-hydroxylation sites is 3. The largest absolute Gasteiger partial charge is 0.454 e. The molecule has 45 heavy (non-hydrogen) atoms. The molecule has 212 valence electrons. The molecular formula is C41H26N2O2. The van der Waals surface area contributed by atoms with E-state index >= 15 is 0 Å². The second-order valence-electron chi connectivity index (χ2n) is 11.2. The van der Waals surface area contributed by atoms with Gasteiger partial charge in [-0.1, -0.05) is 103 Å². The molecule has 0 aliphatic heterocycles. The van der Waals surface area contributed by atoms with Crippen LogP contribution in [0.4, 0.5) is 17.1 Å². The van der Waals surface area contributed by atoms with Crippen molar-refractivity contribution in [3.8, 4) is 22.3 Å². The molecule has 4 nitrogen and oxygen atoms in total. The van der Waals surface area contributed by atoms with Crippen molar-refractivity contribution in [1.82, 2.24) is 4.98 Å². The summed E-state index contributed by atoms with van der Waals surface area (Å²) in [5, 5.41) is 4.37. The predicted molar refractivity (Wildman–Crippen MR) is 184 cm³/mol. The third-order valence-corrected chi connectivity index (χ3v) is 8.58. The fourth-order valence-electron chi connectivity index (χ4n) is 6.46. The Kier molecular flexibility index (Phi) is 5.78. The molecule has 0 radical (unpaired) electrons. The first-order valence-electron chi connectivity index (χ1n) is 15.0. The van der Waals surface area contributed by atoms with E-state index in [0.29, 0.717) is 0 Å². The zero-order chi connectivity index (χ0) is 29.7. The van der Waals surface area contributed by atoms with Crippen LogP contribution in [0.1, 0.15) is 0 Å². The lowest BCUT2D eigenvalue weighted by molar-refractivity contribution is 0.667. The molecule has 0 fully saturated rings. The number of hydrogen-bond donors (Lipinski definition) is 0. The van der Waals surface area contributed by atoms with Gasteiger partial charge in [-0.05, 0) is 59.2 Å². The van der Waals surface area contributed by atoms with Crippen LogP contribution in [0.5, 0.6) is 0 Å². The highest BCUT2D eigenvalue weighted by molar-refractivity contribution is 6.12. The van der Waals surface area contributed by atoms with Crippen molar-refractivity contribution >= 4 is 60.9 Å². The van der Waals surface area contributed by atoms with Gasteiger partial charge in [0.2, 0.25) is 0 Å². The number of nitrogens with zero attached hydrogens (tertiary/aromatic N) is 2. The topological polar surface area (TPSA) is 42.4 Å². The number of hydrogen-bond acceptors (Lipinski definition) is 4. The van der Waals surface area contributed by atoms with Crippen molar-refractivity contribution in [3.05, 3.63) is 158 Å². The van der Waals surface area contributed by atoms with Crippen molar-refractivity contribution in [2.24, 2.45) is 0 Å². The molecule has 0 saturated heterocycles. The Morgan fingerprint density at radius 3 is 1.78 bits per heavy atom. The normalized spacial score (nSPS) is 11.6. The minimum atomic E-state index is 0.787. The van der Waals surface area contributed by atoms with Crippen molar-refractivity contribution in [2.45, 2.75) is 0 Å². The molecule has 6 aromatic carbocycles. The predicted octanol–water partition coefficient (Wildman–Crippen LogP) is 11.7. The van der Waals surface area contributed by atoms with Gasteiger partial charge in [-0.3, -0.25) is 4.98 Å². The molecule has 3 heterocycles. The van der Waals surface area contributed by atoms with E-state index in [0.717, 1.165) is 72.1 Å². The molecule has 0 aliphatic rings. The highest BCUT2D eigenvalue weighted by Gasteiger charge is 2.20. The number of benzene rings is 6. The lowest BCUT2D eigenvalue weighted by Crippen LogP contribution is -2.10. The van der Waals surface area contributed by atoms with Crippen LogP contribution in [-0.4, -0.2) is 4.98 Å². The average Bonchev–Trinajstić information content (AvgIpc) is 3.69. The van der Waals surface area contributed by atoms with Crippen molar-refractivity contribution < 1.29 is 8.83 Å². The Balaban J connectivity index is 1.20. The maximum atomic E-state index is 6.51. The first-order chi connectivity index (χ1) is 22.3. The van der Waals surface area contributed by atoms with E-state index in [1.807, 2.05) is 42.6 Å². The molecule has 3 aromatic heterocycles. The molecular weight excluding hydrogens is 552 g/mol. The maximum Gasteiger partial charge on any atom is 0.159 e. The third kappa shape index (κ3) is 4.19. The number of fused-ring (bicyclic) bond motifs is 6. The number of pyridine rings is 1. The van der Waals surface area contributed by atoms with Crippen LogP contribution >= 0.6 is 0 Å². The van der Waals surface area contributed by atoms with Crippen LogP contribution in [0.2, 0.25) is 0 Å². The molecule has 0 aliphatic carbocycles.